The largest absolute Gasteiger partial charge is 0.346 e. The fourth-order valence-electron chi connectivity index (χ4n) is 6.10. The van der Waals surface area contributed by atoms with Crippen LogP contribution < -0.4 is 10.6 Å². The number of nitrogens with zero attached hydrogens (tertiary/aromatic N) is 2. The lowest BCUT2D eigenvalue weighted by molar-refractivity contribution is -0.139. The van der Waals surface area contributed by atoms with Gasteiger partial charge < -0.3 is 20.4 Å². The summed E-state index contributed by atoms with van der Waals surface area (Å²) >= 11 is 12.7. The van der Waals surface area contributed by atoms with Crippen molar-refractivity contribution in [2.75, 3.05) is 40.3 Å². The normalized spacial score (nSPS) is 19.0. The van der Waals surface area contributed by atoms with E-state index in [1.807, 2.05) is 64.0 Å². The van der Waals surface area contributed by atoms with Gasteiger partial charge in [-0.3, -0.25) is 9.59 Å². The number of rotatable bonds is 7. The molecule has 2 aliphatic rings. The van der Waals surface area contributed by atoms with E-state index >= 15 is 0 Å². The Kier molecular flexibility index (Phi) is 8.49. The lowest BCUT2D eigenvalue weighted by atomic mass is 9.75. The van der Waals surface area contributed by atoms with Crippen LogP contribution in [0, 0.1) is 5.41 Å². The number of likely N-dealkylation sites (tertiary alicyclic amines) is 1. The quantitative estimate of drug-likeness (QED) is 0.503. The summed E-state index contributed by atoms with van der Waals surface area (Å²) < 4.78 is 0. The highest BCUT2D eigenvalue weighted by molar-refractivity contribution is 6.42. The Morgan fingerprint density at radius 3 is 2.42 bits per heavy atom. The molecule has 2 aliphatic heterocycles. The van der Waals surface area contributed by atoms with Gasteiger partial charge in [0, 0.05) is 38.6 Å². The minimum atomic E-state index is -0.509. The summed E-state index contributed by atoms with van der Waals surface area (Å²) in [6.07, 6.45) is 2.98. The molecule has 0 saturated carbocycles. The first kappa shape index (κ1) is 28.9. The van der Waals surface area contributed by atoms with Gasteiger partial charge >= 0.3 is 0 Å². The Labute approximate surface area is 237 Å². The molecule has 4 rings (SSSR count). The lowest BCUT2D eigenvalue weighted by Crippen LogP contribution is -2.57. The number of carbonyl (C=O) groups excluding carboxylic acids is 2. The van der Waals surface area contributed by atoms with Crippen LogP contribution in [0.1, 0.15) is 56.7 Å². The van der Waals surface area contributed by atoms with Gasteiger partial charge in [-0.05, 0) is 55.1 Å². The number of amides is 2. The summed E-state index contributed by atoms with van der Waals surface area (Å²) in [7, 11) is 3.81. The topological polar surface area (TPSA) is 64.7 Å². The van der Waals surface area contributed by atoms with Gasteiger partial charge in [-0.25, -0.2) is 0 Å². The molecule has 1 saturated heterocycles. The Balaban J connectivity index is 1.53. The molecule has 2 aromatic carbocycles. The van der Waals surface area contributed by atoms with Crippen LogP contribution in [0.4, 0.5) is 0 Å². The SMILES string of the molecule is CNC(CCN1CCC2(CC1)NC(=O)Cc1ccccc12)(CN(C)C(=O)C(C)(C)C)c1ccc(Cl)c(Cl)c1. The Bertz CT molecular complexity index is 1190. The molecule has 2 aromatic rings. The number of piperidine rings is 1. The third-order valence-electron chi connectivity index (χ3n) is 8.27. The van der Waals surface area contributed by atoms with E-state index in [-0.39, 0.29) is 17.4 Å². The predicted molar refractivity (Wildman–Crippen MR) is 155 cm³/mol. The van der Waals surface area contributed by atoms with Gasteiger partial charge in [0.1, 0.15) is 0 Å². The second-order valence-corrected chi connectivity index (χ2v) is 12.7. The monoisotopic (exact) mass is 558 g/mol. The van der Waals surface area contributed by atoms with Crippen LogP contribution in [0.2, 0.25) is 10.0 Å². The van der Waals surface area contributed by atoms with E-state index in [0.29, 0.717) is 23.0 Å². The van der Waals surface area contributed by atoms with Crippen molar-refractivity contribution in [1.82, 2.24) is 20.4 Å². The van der Waals surface area contributed by atoms with Gasteiger partial charge in [-0.1, -0.05) is 74.3 Å². The minimum Gasteiger partial charge on any atom is -0.346 e. The van der Waals surface area contributed by atoms with Crippen LogP contribution in [0.15, 0.2) is 42.5 Å². The second kappa shape index (κ2) is 11.2. The molecule has 8 heteroatoms. The molecule has 206 valence electrons. The highest BCUT2D eigenvalue weighted by Crippen LogP contribution is 2.39. The first-order valence-corrected chi connectivity index (χ1v) is 14.2. The standard InChI is InChI=1S/C30H40Cl2N4O2/c1-28(2,3)27(38)35(5)20-30(33-4,22-10-11-24(31)25(32)19-22)14-17-36-15-12-29(13-16-36)23-9-7-6-8-21(23)18-26(37)34-29/h6-11,19,33H,12-18,20H2,1-5H3,(H,34,37). The predicted octanol–water partition coefficient (Wildman–Crippen LogP) is 4.97. The molecule has 0 radical (unpaired) electrons. The number of fused-ring (bicyclic) bond motifs is 2. The molecule has 0 bridgehead atoms. The molecule has 38 heavy (non-hydrogen) atoms. The van der Waals surface area contributed by atoms with E-state index < -0.39 is 11.0 Å². The molecule has 1 spiro atoms. The van der Waals surface area contributed by atoms with Crippen molar-refractivity contribution in [1.29, 1.82) is 0 Å². The number of halogens is 2. The van der Waals surface area contributed by atoms with E-state index in [1.54, 1.807) is 0 Å². The summed E-state index contributed by atoms with van der Waals surface area (Å²) in [6, 6.07) is 14.1. The third-order valence-corrected chi connectivity index (χ3v) is 9.01. The zero-order chi connectivity index (χ0) is 27.7. The molecule has 2 heterocycles. The summed E-state index contributed by atoms with van der Waals surface area (Å²) in [5.74, 6) is 0.196. The minimum absolute atomic E-state index is 0.0869. The molecule has 0 aliphatic carbocycles. The number of hydrogen-bond donors (Lipinski definition) is 2. The lowest BCUT2D eigenvalue weighted by Gasteiger charge is -2.46. The van der Waals surface area contributed by atoms with E-state index in [2.05, 4.69) is 33.7 Å². The molecule has 2 N–H and O–H groups in total. The van der Waals surface area contributed by atoms with Gasteiger partial charge in [0.15, 0.2) is 0 Å². The van der Waals surface area contributed by atoms with E-state index in [1.165, 1.54) is 5.56 Å². The van der Waals surface area contributed by atoms with Crippen molar-refractivity contribution in [2.45, 2.75) is 57.5 Å². The summed E-state index contributed by atoms with van der Waals surface area (Å²) in [5, 5.41) is 7.89. The van der Waals surface area contributed by atoms with Crippen molar-refractivity contribution in [2.24, 2.45) is 5.41 Å². The Morgan fingerprint density at radius 2 is 1.79 bits per heavy atom. The van der Waals surface area contributed by atoms with Crippen LogP contribution in [0.25, 0.3) is 0 Å². The number of carbonyl (C=O) groups is 2. The smallest absolute Gasteiger partial charge is 0.227 e. The molecule has 6 nitrogen and oxygen atoms in total. The molecule has 2 amide bonds. The Hall–Kier alpha value is -2.12. The number of likely N-dealkylation sites (N-methyl/N-ethyl adjacent to an activating group) is 2. The van der Waals surface area contributed by atoms with Gasteiger partial charge in [-0.15, -0.1) is 0 Å². The fourth-order valence-corrected chi connectivity index (χ4v) is 6.40. The maximum atomic E-state index is 13.1. The van der Waals surface area contributed by atoms with Crippen molar-refractivity contribution < 1.29 is 9.59 Å². The molecule has 1 unspecified atom stereocenters. The number of nitrogens with one attached hydrogen (secondary N) is 2. The van der Waals surface area contributed by atoms with Gasteiger partial charge in [0.05, 0.1) is 27.5 Å². The zero-order valence-corrected chi connectivity index (χ0v) is 24.7. The molecule has 0 aromatic heterocycles. The van der Waals surface area contributed by atoms with E-state index in [4.69, 9.17) is 23.2 Å². The average molecular weight is 560 g/mol. The van der Waals surface area contributed by atoms with E-state index in [9.17, 15) is 9.59 Å². The highest BCUT2D eigenvalue weighted by atomic mass is 35.5. The molecule has 1 atom stereocenters. The molecule has 1 fully saturated rings. The van der Waals surface area contributed by atoms with Gasteiger partial charge in [0.25, 0.3) is 0 Å². The number of benzene rings is 2. The third kappa shape index (κ3) is 5.89. The van der Waals surface area contributed by atoms with Gasteiger partial charge in [-0.2, -0.15) is 0 Å². The van der Waals surface area contributed by atoms with Crippen LogP contribution >= 0.6 is 23.2 Å². The summed E-state index contributed by atoms with van der Waals surface area (Å²) in [4.78, 5) is 29.9. The van der Waals surface area contributed by atoms with Crippen molar-refractivity contribution in [3.63, 3.8) is 0 Å². The van der Waals surface area contributed by atoms with Crippen LogP contribution in [-0.2, 0) is 27.1 Å². The van der Waals surface area contributed by atoms with E-state index in [0.717, 1.165) is 50.0 Å². The molecular formula is C30H40Cl2N4O2. The van der Waals surface area contributed by atoms with Crippen molar-refractivity contribution in [3.05, 3.63) is 69.2 Å². The van der Waals surface area contributed by atoms with Crippen LogP contribution in [-0.4, -0.2) is 61.9 Å². The van der Waals surface area contributed by atoms with Crippen LogP contribution in [0.5, 0.6) is 0 Å². The summed E-state index contributed by atoms with van der Waals surface area (Å²) in [5.41, 5.74) is 2.14. The average Bonchev–Trinajstić information content (AvgIpc) is 2.88. The van der Waals surface area contributed by atoms with Crippen molar-refractivity contribution in [3.8, 4) is 0 Å². The fraction of sp³-hybridized carbons (Fsp3) is 0.533. The highest BCUT2D eigenvalue weighted by Gasteiger charge is 2.42. The first-order valence-electron chi connectivity index (χ1n) is 13.4. The van der Waals surface area contributed by atoms with Gasteiger partial charge in [0.2, 0.25) is 11.8 Å². The first-order chi connectivity index (χ1) is 17.9. The van der Waals surface area contributed by atoms with Crippen molar-refractivity contribution >= 4 is 35.0 Å². The zero-order valence-electron chi connectivity index (χ0n) is 23.2. The Morgan fingerprint density at radius 1 is 1.11 bits per heavy atom. The number of hydrogen-bond acceptors (Lipinski definition) is 4. The maximum Gasteiger partial charge on any atom is 0.227 e. The molecular weight excluding hydrogens is 519 g/mol. The second-order valence-electron chi connectivity index (χ2n) is 11.9. The van der Waals surface area contributed by atoms with Crippen LogP contribution in [0.3, 0.4) is 0 Å². The summed E-state index contributed by atoms with van der Waals surface area (Å²) in [6.45, 7) is 8.93. The maximum absolute atomic E-state index is 13.1.